The molecule has 1 saturated carbocycles. The summed E-state index contributed by atoms with van der Waals surface area (Å²) in [6.45, 7) is 1.46. The van der Waals surface area contributed by atoms with Crippen LogP contribution in [0.4, 0.5) is 0 Å². The minimum atomic E-state index is -0.104. The molecule has 0 spiro atoms. The molecule has 0 bridgehead atoms. The van der Waals surface area contributed by atoms with Crippen LogP contribution in [0.25, 0.3) is 0 Å². The molecule has 4 heteroatoms. The molecule has 0 aromatic carbocycles. The third-order valence-electron chi connectivity index (χ3n) is 2.36. The average molecular weight is 180 g/mol. The number of Topliss-reactive ketones (excluding diaryl/α,β-unsaturated/α-hetero) is 1. The number of hydrogen-bond acceptors (Lipinski definition) is 3. The van der Waals surface area contributed by atoms with Crippen LogP contribution in [0.1, 0.15) is 41.7 Å². The van der Waals surface area contributed by atoms with Gasteiger partial charge in [0.05, 0.1) is 5.69 Å². The van der Waals surface area contributed by atoms with Gasteiger partial charge in [0, 0.05) is 13.0 Å². The van der Waals surface area contributed by atoms with Crippen LogP contribution in [0, 0.1) is 0 Å². The fourth-order valence-electron chi connectivity index (χ4n) is 1.52. The van der Waals surface area contributed by atoms with E-state index in [-0.39, 0.29) is 11.7 Å². The van der Waals surface area contributed by atoms with Crippen molar-refractivity contribution in [2.45, 2.75) is 25.7 Å². The van der Waals surface area contributed by atoms with E-state index in [1.807, 2.05) is 0 Å². The van der Waals surface area contributed by atoms with Gasteiger partial charge in [-0.25, -0.2) is 4.68 Å². The third-order valence-corrected chi connectivity index (χ3v) is 2.36. The molecule has 70 valence electrons. The Labute approximate surface area is 76.2 Å². The van der Waals surface area contributed by atoms with Crippen LogP contribution in [0.5, 0.6) is 5.88 Å². The summed E-state index contributed by atoms with van der Waals surface area (Å²) in [6, 6.07) is 0. The topological polar surface area (TPSA) is 55.1 Å². The molecule has 0 radical (unpaired) electrons. The zero-order valence-electron chi connectivity index (χ0n) is 7.74. The fraction of sp³-hybridized carbons (Fsp3) is 0.556. The van der Waals surface area contributed by atoms with Crippen molar-refractivity contribution in [3.63, 3.8) is 0 Å². The van der Waals surface area contributed by atoms with Crippen LogP contribution in [-0.2, 0) is 7.05 Å². The highest BCUT2D eigenvalue weighted by Gasteiger charge is 2.32. The Kier molecular flexibility index (Phi) is 1.65. The van der Waals surface area contributed by atoms with E-state index < -0.39 is 0 Å². The second kappa shape index (κ2) is 2.58. The molecule has 4 nitrogen and oxygen atoms in total. The normalized spacial score (nSPS) is 16.2. The molecule has 2 rings (SSSR count). The number of carbonyl (C=O) groups is 1. The van der Waals surface area contributed by atoms with Crippen molar-refractivity contribution in [2.75, 3.05) is 0 Å². The van der Waals surface area contributed by atoms with Gasteiger partial charge in [-0.05, 0) is 19.8 Å². The molecule has 0 unspecified atom stereocenters. The maximum Gasteiger partial charge on any atom is 0.220 e. The van der Waals surface area contributed by atoms with Crippen LogP contribution >= 0.6 is 0 Å². The van der Waals surface area contributed by atoms with Crippen molar-refractivity contribution in [1.82, 2.24) is 9.78 Å². The minimum Gasteiger partial charge on any atom is -0.493 e. The Morgan fingerprint density at radius 2 is 2.23 bits per heavy atom. The number of ketones is 1. The fourth-order valence-corrected chi connectivity index (χ4v) is 1.52. The number of aromatic nitrogens is 2. The van der Waals surface area contributed by atoms with E-state index in [0.717, 1.165) is 18.5 Å². The largest absolute Gasteiger partial charge is 0.493 e. The Morgan fingerprint density at radius 1 is 1.62 bits per heavy atom. The van der Waals surface area contributed by atoms with Crippen molar-refractivity contribution >= 4 is 5.78 Å². The maximum atomic E-state index is 11.2. The number of aryl methyl sites for hydroxylation is 1. The zero-order valence-corrected chi connectivity index (χ0v) is 7.74. The highest BCUT2D eigenvalue weighted by Crippen LogP contribution is 2.42. The molecule has 1 heterocycles. The van der Waals surface area contributed by atoms with Gasteiger partial charge in [0.2, 0.25) is 5.88 Å². The molecule has 1 aromatic rings. The van der Waals surface area contributed by atoms with Gasteiger partial charge in [-0.2, -0.15) is 5.10 Å². The first-order valence-corrected chi connectivity index (χ1v) is 4.38. The van der Waals surface area contributed by atoms with E-state index in [9.17, 15) is 9.90 Å². The monoisotopic (exact) mass is 180 g/mol. The second-order valence-corrected chi connectivity index (χ2v) is 3.54. The van der Waals surface area contributed by atoms with Gasteiger partial charge in [-0.15, -0.1) is 0 Å². The first-order valence-electron chi connectivity index (χ1n) is 4.38. The summed E-state index contributed by atoms with van der Waals surface area (Å²) < 4.78 is 1.37. The standard InChI is InChI=1S/C9H12N2O2/c1-5(12)7-8(6-3-4-6)10-11(2)9(7)13/h6,13H,3-4H2,1-2H3. The molecule has 1 aliphatic rings. The highest BCUT2D eigenvalue weighted by atomic mass is 16.3. The molecule has 0 amide bonds. The molecule has 0 aliphatic heterocycles. The van der Waals surface area contributed by atoms with Gasteiger partial charge in [0.1, 0.15) is 5.56 Å². The SMILES string of the molecule is CC(=O)c1c(C2CC2)nn(C)c1O. The summed E-state index contributed by atoms with van der Waals surface area (Å²) in [5.41, 5.74) is 1.18. The summed E-state index contributed by atoms with van der Waals surface area (Å²) in [5.74, 6) is 0.285. The van der Waals surface area contributed by atoms with E-state index in [0.29, 0.717) is 11.5 Å². The van der Waals surface area contributed by atoms with E-state index >= 15 is 0 Å². The average Bonchev–Trinajstić information content (AvgIpc) is 2.80. The lowest BCUT2D eigenvalue weighted by molar-refractivity contribution is 0.101. The number of hydrogen-bond donors (Lipinski definition) is 1. The summed E-state index contributed by atoms with van der Waals surface area (Å²) in [6.07, 6.45) is 2.16. The lowest BCUT2D eigenvalue weighted by atomic mass is 10.1. The van der Waals surface area contributed by atoms with Crippen LogP contribution in [0.3, 0.4) is 0 Å². The molecule has 13 heavy (non-hydrogen) atoms. The molecule has 1 N–H and O–H groups in total. The molecule has 1 aromatic heterocycles. The molecular formula is C9H12N2O2. The second-order valence-electron chi connectivity index (χ2n) is 3.54. The molecule has 0 atom stereocenters. The Bertz CT molecular complexity index is 364. The van der Waals surface area contributed by atoms with E-state index in [1.165, 1.54) is 11.6 Å². The number of nitrogens with zero attached hydrogens (tertiary/aromatic N) is 2. The smallest absolute Gasteiger partial charge is 0.220 e. The van der Waals surface area contributed by atoms with Crippen molar-refractivity contribution in [3.05, 3.63) is 11.3 Å². The van der Waals surface area contributed by atoms with E-state index in [1.54, 1.807) is 7.05 Å². The summed E-state index contributed by atoms with van der Waals surface area (Å²) in [5, 5.41) is 13.7. The quantitative estimate of drug-likeness (QED) is 0.696. The summed E-state index contributed by atoms with van der Waals surface area (Å²) in [4.78, 5) is 11.2. The third kappa shape index (κ3) is 1.22. The van der Waals surface area contributed by atoms with Crippen LogP contribution in [0.15, 0.2) is 0 Å². The molecule has 0 saturated heterocycles. The van der Waals surface area contributed by atoms with Crippen LogP contribution in [0.2, 0.25) is 0 Å². The van der Waals surface area contributed by atoms with Gasteiger partial charge >= 0.3 is 0 Å². The lowest BCUT2D eigenvalue weighted by Gasteiger charge is -1.94. The Hall–Kier alpha value is -1.32. The van der Waals surface area contributed by atoms with Crippen molar-refractivity contribution in [1.29, 1.82) is 0 Å². The minimum absolute atomic E-state index is 0.00519. The maximum absolute atomic E-state index is 11.2. The highest BCUT2D eigenvalue weighted by molar-refractivity contribution is 5.97. The van der Waals surface area contributed by atoms with Crippen LogP contribution < -0.4 is 0 Å². The summed E-state index contributed by atoms with van der Waals surface area (Å²) >= 11 is 0. The van der Waals surface area contributed by atoms with Gasteiger partial charge in [-0.1, -0.05) is 0 Å². The van der Waals surface area contributed by atoms with E-state index in [4.69, 9.17) is 0 Å². The predicted octanol–water partition coefficient (Wildman–Crippen LogP) is 1.21. The van der Waals surface area contributed by atoms with Gasteiger partial charge in [0.15, 0.2) is 5.78 Å². The number of carbonyl (C=O) groups excluding carboxylic acids is 1. The molecule has 1 aliphatic carbocycles. The lowest BCUT2D eigenvalue weighted by Crippen LogP contribution is -1.95. The van der Waals surface area contributed by atoms with Crippen molar-refractivity contribution in [2.24, 2.45) is 7.05 Å². The van der Waals surface area contributed by atoms with Gasteiger partial charge in [0.25, 0.3) is 0 Å². The van der Waals surface area contributed by atoms with Crippen LogP contribution in [-0.4, -0.2) is 20.7 Å². The molecule has 1 fully saturated rings. The summed E-state index contributed by atoms with van der Waals surface area (Å²) in [7, 11) is 1.65. The Morgan fingerprint density at radius 3 is 2.69 bits per heavy atom. The van der Waals surface area contributed by atoms with Crippen molar-refractivity contribution in [3.8, 4) is 5.88 Å². The first-order chi connectivity index (χ1) is 6.11. The molecular weight excluding hydrogens is 168 g/mol. The van der Waals surface area contributed by atoms with E-state index in [2.05, 4.69) is 5.10 Å². The van der Waals surface area contributed by atoms with Crippen molar-refractivity contribution < 1.29 is 9.90 Å². The number of rotatable bonds is 2. The number of aromatic hydroxyl groups is 1. The zero-order chi connectivity index (χ0) is 9.59. The Balaban J connectivity index is 2.54. The van der Waals surface area contributed by atoms with Gasteiger partial charge < -0.3 is 5.11 Å². The first kappa shape index (κ1) is 8.29. The van der Waals surface area contributed by atoms with Gasteiger partial charge in [-0.3, -0.25) is 4.79 Å². The predicted molar refractivity (Wildman–Crippen MR) is 46.9 cm³/mol.